The first-order valence-corrected chi connectivity index (χ1v) is 6.00. The molecule has 0 aliphatic rings. The van der Waals surface area contributed by atoms with Crippen LogP contribution in [0.4, 0.5) is 0 Å². The van der Waals surface area contributed by atoms with Crippen LogP contribution in [0.2, 0.25) is 20.1 Å². The summed E-state index contributed by atoms with van der Waals surface area (Å²) in [5.41, 5.74) is 0.999. The maximum atomic E-state index is 9.23. The summed E-state index contributed by atoms with van der Waals surface area (Å²) in [6.45, 7) is 0. The lowest BCUT2D eigenvalue weighted by Gasteiger charge is -2.08. The summed E-state index contributed by atoms with van der Waals surface area (Å²) in [7, 11) is 0. The molecule has 17 heavy (non-hydrogen) atoms. The number of benzene rings is 1. The molecule has 0 amide bonds. The second-order valence-corrected chi connectivity index (χ2v) is 4.82. The van der Waals surface area contributed by atoms with Gasteiger partial charge in [0.15, 0.2) is 0 Å². The average Bonchev–Trinajstić information content (AvgIpc) is 2.28. The van der Waals surface area contributed by atoms with E-state index in [2.05, 4.69) is 4.98 Å². The number of hydrogen-bond acceptors (Lipinski definition) is 2. The predicted molar refractivity (Wildman–Crippen MR) is 71.4 cm³/mol. The zero-order valence-corrected chi connectivity index (χ0v) is 11.2. The number of halogens is 4. The maximum Gasteiger partial charge on any atom is 0.135 e. The predicted octanol–water partition coefficient (Wildman–Crippen LogP) is 5.07. The van der Waals surface area contributed by atoms with E-state index in [1.54, 1.807) is 12.1 Å². The zero-order chi connectivity index (χ0) is 12.6. The summed E-state index contributed by atoms with van der Waals surface area (Å²) >= 11 is 23.8. The quantitative estimate of drug-likeness (QED) is 0.746. The third-order valence-electron chi connectivity index (χ3n) is 2.12. The molecule has 1 heterocycles. The Morgan fingerprint density at radius 2 is 1.65 bits per heavy atom. The van der Waals surface area contributed by atoms with E-state index in [0.717, 1.165) is 0 Å². The van der Waals surface area contributed by atoms with Crippen molar-refractivity contribution in [3.05, 3.63) is 44.5 Å². The van der Waals surface area contributed by atoms with Crippen molar-refractivity contribution in [3.8, 4) is 17.0 Å². The molecule has 0 saturated heterocycles. The van der Waals surface area contributed by atoms with E-state index in [1.165, 1.54) is 12.3 Å². The minimum Gasteiger partial charge on any atom is -0.506 e. The highest BCUT2D eigenvalue weighted by atomic mass is 35.5. The summed E-state index contributed by atoms with van der Waals surface area (Å²) < 4.78 is 0. The Balaban J connectivity index is 2.65. The van der Waals surface area contributed by atoms with Crippen molar-refractivity contribution in [1.29, 1.82) is 0 Å². The molecule has 2 nitrogen and oxygen atoms in total. The van der Waals surface area contributed by atoms with Gasteiger partial charge in [-0.2, -0.15) is 0 Å². The molecule has 0 bridgehead atoms. The number of rotatable bonds is 1. The number of aromatic hydroxyl groups is 1. The Kier molecular flexibility index (Phi) is 3.69. The van der Waals surface area contributed by atoms with E-state index in [1.807, 2.05) is 0 Å². The lowest BCUT2D eigenvalue weighted by molar-refractivity contribution is 0.473. The normalized spacial score (nSPS) is 10.6. The summed E-state index contributed by atoms with van der Waals surface area (Å²) in [4.78, 5) is 4.01. The van der Waals surface area contributed by atoms with Crippen molar-refractivity contribution in [3.63, 3.8) is 0 Å². The van der Waals surface area contributed by atoms with Crippen LogP contribution in [0.1, 0.15) is 0 Å². The number of hydrogen-bond donors (Lipinski definition) is 1. The first kappa shape index (κ1) is 12.8. The molecule has 1 aromatic heterocycles. The van der Waals surface area contributed by atoms with Crippen LogP contribution < -0.4 is 0 Å². The molecule has 0 fully saturated rings. The fourth-order valence-corrected chi connectivity index (χ4v) is 2.22. The van der Waals surface area contributed by atoms with Crippen LogP contribution in [-0.4, -0.2) is 10.1 Å². The highest BCUT2D eigenvalue weighted by Gasteiger charge is 2.14. The third-order valence-corrected chi connectivity index (χ3v) is 3.70. The molecule has 0 saturated carbocycles. The topological polar surface area (TPSA) is 33.1 Å². The molecule has 0 aliphatic carbocycles. The molecular formula is C11H5Cl4NO. The molecule has 1 aromatic carbocycles. The van der Waals surface area contributed by atoms with Gasteiger partial charge >= 0.3 is 0 Å². The lowest BCUT2D eigenvalue weighted by Crippen LogP contribution is -1.87. The standard InChI is InChI=1S/C11H5Cl4NO/c12-7-2-1-6(9(14)10(7)15)11-8(13)3-5(17)4-16-11/h1-4,17H. The molecular weight excluding hydrogens is 304 g/mol. The highest BCUT2D eigenvalue weighted by molar-refractivity contribution is 6.49. The molecule has 0 unspecified atom stereocenters. The molecule has 2 aromatic rings. The fourth-order valence-electron chi connectivity index (χ4n) is 1.33. The number of aromatic nitrogens is 1. The van der Waals surface area contributed by atoms with Gasteiger partial charge in [0, 0.05) is 11.6 Å². The van der Waals surface area contributed by atoms with Crippen LogP contribution in [0.15, 0.2) is 24.4 Å². The molecule has 1 N–H and O–H groups in total. The lowest BCUT2D eigenvalue weighted by atomic mass is 10.1. The largest absolute Gasteiger partial charge is 0.506 e. The summed E-state index contributed by atoms with van der Waals surface area (Å²) in [5, 5.41) is 10.4. The fraction of sp³-hybridized carbons (Fsp3) is 0. The minimum absolute atomic E-state index is 0.0186. The van der Waals surface area contributed by atoms with Crippen LogP contribution in [0.3, 0.4) is 0 Å². The van der Waals surface area contributed by atoms with E-state index < -0.39 is 0 Å². The van der Waals surface area contributed by atoms with Gasteiger partial charge in [0.25, 0.3) is 0 Å². The van der Waals surface area contributed by atoms with Crippen LogP contribution in [0, 0.1) is 0 Å². The third kappa shape index (κ3) is 2.45. The van der Waals surface area contributed by atoms with Crippen molar-refractivity contribution >= 4 is 46.4 Å². The summed E-state index contributed by atoms with van der Waals surface area (Å²) in [6.07, 6.45) is 1.28. The van der Waals surface area contributed by atoms with E-state index in [4.69, 9.17) is 46.4 Å². The smallest absolute Gasteiger partial charge is 0.135 e. The molecule has 6 heteroatoms. The Hall–Kier alpha value is -0.670. The van der Waals surface area contributed by atoms with Gasteiger partial charge in [0.05, 0.1) is 32.0 Å². The van der Waals surface area contributed by atoms with Gasteiger partial charge in [0.2, 0.25) is 0 Å². The van der Waals surface area contributed by atoms with Crippen molar-refractivity contribution in [2.75, 3.05) is 0 Å². The molecule has 0 spiro atoms. The van der Waals surface area contributed by atoms with Gasteiger partial charge in [-0.1, -0.05) is 46.4 Å². The number of nitrogens with zero attached hydrogens (tertiary/aromatic N) is 1. The van der Waals surface area contributed by atoms with E-state index in [-0.39, 0.29) is 20.8 Å². The van der Waals surface area contributed by atoms with Crippen molar-refractivity contribution in [2.24, 2.45) is 0 Å². The van der Waals surface area contributed by atoms with Crippen molar-refractivity contribution in [2.45, 2.75) is 0 Å². The van der Waals surface area contributed by atoms with Crippen LogP contribution in [0.25, 0.3) is 11.3 Å². The van der Waals surface area contributed by atoms with Gasteiger partial charge in [-0.15, -0.1) is 0 Å². The Bertz CT molecular complexity index is 586. The minimum atomic E-state index is -0.0186. The van der Waals surface area contributed by atoms with Gasteiger partial charge in [0.1, 0.15) is 5.75 Å². The van der Waals surface area contributed by atoms with E-state index >= 15 is 0 Å². The van der Waals surface area contributed by atoms with Crippen molar-refractivity contribution in [1.82, 2.24) is 4.98 Å². The Labute approximate surface area is 118 Å². The first-order valence-electron chi connectivity index (χ1n) is 4.49. The van der Waals surface area contributed by atoms with Crippen LogP contribution in [0.5, 0.6) is 5.75 Å². The molecule has 2 rings (SSSR count). The van der Waals surface area contributed by atoms with Gasteiger partial charge in [-0.3, -0.25) is 4.98 Å². The monoisotopic (exact) mass is 307 g/mol. The van der Waals surface area contributed by atoms with E-state index in [9.17, 15) is 5.11 Å². The maximum absolute atomic E-state index is 9.23. The first-order chi connectivity index (χ1) is 8.00. The van der Waals surface area contributed by atoms with Gasteiger partial charge in [-0.05, 0) is 12.1 Å². The second-order valence-electron chi connectivity index (χ2n) is 3.25. The molecule has 88 valence electrons. The highest BCUT2D eigenvalue weighted by Crippen LogP contribution is 2.39. The molecule has 0 aliphatic heterocycles. The second kappa shape index (κ2) is 4.91. The summed E-state index contributed by atoms with van der Waals surface area (Å²) in [5.74, 6) is -0.0186. The number of pyridine rings is 1. The van der Waals surface area contributed by atoms with Crippen LogP contribution >= 0.6 is 46.4 Å². The SMILES string of the molecule is Oc1cnc(-c2ccc(Cl)c(Cl)c2Cl)c(Cl)c1. The van der Waals surface area contributed by atoms with Crippen LogP contribution in [-0.2, 0) is 0 Å². The van der Waals surface area contributed by atoms with Gasteiger partial charge < -0.3 is 5.11 Å². The molecule has 0 atom stereocenters. The molecule has 0 radical (unpaired) electrons. The summed E-state index contributed by atoms with van der Waals surface area (Å²) in [6, 6.07) is 4.65. The average molecular weight is 309 g/mol. The van der Waals surface area contributed by atoms with Crippen molar-refractivity contribution < 1.29 is 5.11 Å². The van der Waals surface area contributed by atoms with E-state index in [0.29, 0.717) is 16.3 Å². The van der Waals surface area contributed by atoms with Gasteiger partial charge in [-0.25, -0.2) is 0 Å². The zero-order valence-electron chi connectivity index (χ0n) is 8.22. The Morgan fingerprint density at radius 1 is 0.941 bits per heavy atom. The Morgan fingerprint density at radius 3 is 2.29 bits per heavy atom.